The van der Waals surface area contributed by atoms with E-state index in [1.807, 2.05) is 0 Å². The zero-order valence-corrected chi connectivity index (χ0v) is 18.4. The first-order valence-corrected chi connectivity index (χ1v) is 11.8. The number of hydrogen-bond acceptors (Lipinski definition) is 1. The second kappa shape index (κ2) is 10.2. The van der Waals surface area contributed by atoms with Crippen LogP contribution in [0.15, 0.2) is 54.6 Å². The number of nitrogens with one attached hydrogen (secondary N) is 2. The van der Waals surface area contributed by atoms with Crippen molar-refractivity contribution in [3.63, 3.8) is 0 Å². The standard InChI is InChI=1S/C26H35N3O/c1-2-22-8-10-24(11-9-22)21-27-14-12-25(13-15-27)26(30)29-18-16-28(17-19-29)20-23-6-4-3-5-7-23/h3-11,25H,2,12-21H2,1H3/p+2. The Bertz CT molecular complexity index is 789. The lowest BCUT2D eigenvalue weighted by Gasteiger charge is -2.36. The number of rotatable bonds is 6. The summed E-state index contributed by atoms with van der Waals surface area (Å²) in [4.78, 5) is 18.4. The highest BCUT2D eigenvalue weighted by molar-refractivity contribution is 5.79. The van der Waals surface area contributed by atoms with Crippen molar-refractivity contribution in [2.45, 2.75) is 39.3 Å². The Hall–Kier alpha value is -2.17. The largest absolute Gasteiger partial charge is 0.331 e. The van der Waals surface area contributed by atoms with Crippen LogP contribution >= 0.6 is 0 Å². The van der Waals surface area contributed by atoms with Crippen LogP contribution in [0, 0.1) is 5.92 Å². The van der Waals surface area contributed by atoms with Gasteiger partial charge in [-0.2, -0.15) is 0 Å². The maximum Gasteiger partial charge on any atom is 0.226 e. The average Bonchev–Trinajstić information content (AvgIpc) is 2.81. The normalized spacial score (nSPS) is 22.8. The van der Waals surface area contributed by atoms with Gasteiger partial charge in [-0.1, -0.05) is 61.5 Å². The third-order valence-corrected chi connectivity index (χ3v) is 7.01. The van der Waals surface area contributed by atoms with E-state index in [0.717, 1.165) is 71.6 Å². The number of carbonyl (C=O) groups is 1. The molecule has 2 aromatic carbocycles. The molecule has 2 aromatic rings. The number of amides is 1. The van der Waals surface area contributed by atoms with Crippen molar-refractivity contribution in [2.24, 2.45) is 5.92 Å². The van der Waals surface area contributed by atoms with E-state index >= 15 is 0 Å². The molecule has 0 saturated carbocycles. The molecule has 2 heterocycles. The molecule has 0 atom stereocenters. The quantitative estimate of drug-likeness (QED) is 0.734. The van der Waals surface area contributed by atoms with Crippen LogP contribution in [0.3, 0.4) is 0 Å². The number of piperidine rings is 1. The molecule has 30 heavy (non-hydrogen) atoms. The molecule has 0 aromatic heterocycles. The van der Waals surface area contributed by atoms with Crippen LogP contribution in [0.1, 0.15) is 36.5 Å². The van der Waals surface area contributed by atoms with Crippen molar-refractivity contribution in [1.82, 2.24) is 4.90 Å². The van der Waals surface area contributed by atoms with E-state index in [-0.39, 0.29) is 5.92 Å². The number of nitrogens with zero attached hydrogens (tertiary/aromatic N) is 1. The molecular weight excluding hydrogens is 370 g/mol. The summed E-state index contributed by atoms with van der Waals surface area (Å²) in [6.45, 7) is 10.6. The minimum absolute atomic E-state index is 0.242. The molecule has 4 rings (SSSR count). The van der Waals surface area contributed by atoms with Crippen molar-refractivity contribution in [3.05, 3.63) is 71.3 Å². The van der Waals surface area contributed by atoms with E-state index in [4.69, 9.17) is 0 Å². The Morgan fingerprint density at radius 2 is 1.33 bits per heavy atom. The predicted molar refractivity (Wildman–Crippen MR) is 120 cm³/mol. The fraction of sp³-hybridized carbons (Fsp3) is 0.500. The van der Waals surface area contributed by atoms with E-state index in [2.05, 4.69) is 66.4 Å². The van der Waals surface area contributed by atoms with E-state index in [0.29, 0.717) is 5.91 Å². The Morgan fingerprint density at radius 3 is 1.93 bits per heavy atom. The molecule has 4 nitrogen and oxygen atoms in total. The summed E-state index contributed by atoms with van der Waals surface area (Å²) in [5, 5.41) is 0. The first kappa shape index (κ1) is 21.1. The minimum Gasteiger partial charge on any atom is -0.331 e. The molecule has 160 valence electrons. The maximum atomic E-state index is 13.1. The van der Waals surface area contributed by atoms with Crippen LogP contribution in [0.4, 0.5) is 0 Å². The highest BCUT2D eigenvalue weighted by atomic mass is 16.2. The lowest BCUT2D eigenvalue weighted by Crippen LogP contribution is -3.13. The minimum atomic E-state index is 0.242. The molecule has 0 unspecified atom stereocenters. The molecule has 0 bridgehead atoms. The van der Waals surface area contributed by atoms with Gasteiger partial charge < -0.3 is 14.7 Å². The van der Waals surface area contributed by atoms with Crippen molar-refractivity contribution in [3.8, 4) is 0 Å². The van der Waals surface area contributed by atoms with Crippen LogP contribution in [0.25, 0.3) is 0 Å². The number of aryl methyl sites for hydroxylation is 1. The molecule has 0 radical (unpaired) electrons. The van der Waals surface area contributed by atoms with Crippen molar-refractivity contribution in [1.29, 1.82) is 0 Å². The fourth-order valence-corrected chi connectivity index (χ4v) is 4.99. The fourth-order valence-electron chi connectivity index (χ4n) is 4.99. The van der Waals surface area contributed by atoms with Crippen LogP contribution in [-0.2, 0) is 24.3 Å². The molecule has 0 spiro atoms. The lowest BCUT2D eigenvalue weighted by atomic mass is 9.94. The molecule has 2 N–H and O–H groups in total. The van der Waals surface area contributed by atoms with Crippen molar-refractivity contribution >= 4 is 5.91 Å². The molecule has 2 saturated heterocycles. The van der Waals surface area contributed by atoms with Gasteiger partial charge in [0.1, 0.15) is 13.1 Å². The van der Waals surface area contributed by atoms with Gasteiger partial charge in [0.05, 0.1) is 39.3 Å². The Balaban J connectivity index is 1.20. The molecule has 1 amide bonds. The second-order valence-electron chi connectivity index (χ2n) is 9.11. The summed E-state index contributed by atoms with van der Waals surface area (Å²) in [7, 11) is 0. The number of piperazine rings is 1. The van der Waals surface area contributed by atoms with Gasteiger partial charge in [-0.05, 0) is 12.0 Å². The van der Waals surface area contributed by atoms with Crippen LogP contribution in [0.2, 0.25) is 0 Å². The smallest absolute Gasteiger partial charge is 0.226 e. The Labute approximate surface area is 181 Å². The number of quaternary nitrogens is 2. The second-order valence-corrected chi connectivity index (χ2v) is 9.11. The number of benzene rings is 2. The monoisotopic (exact) mass is 407 g/mol. The van der Waals surface area contributed by atoms with Gasteiger partial charge >= 0.3 is 0 Å². The van der Waals surface area contributed by atoms with Gasteiger partial charge in [0.15, 0.2) is 0 Å². The van der Waals surface area contributed by atoms with Gasteiger partial charge in [-0.3, -0.25) is 4.79 Å². The summed E-state index contributed by atoms with van der Waals surface area (Å²) >= 11 is 0. The van der Waals surface area contributed by atoms with Crippen molar-refractivity contribution in [2.75, 3.05) is 39.3 Å². The van der Waals surface area contributed by atoms with Crippen LogP contribution < -0.4 is 9.80 Å². The predicted octanol–water partition coefficient (Wildman–Crippen LogP) is 0.971. The number of carbonyl (C=O) groups excluding carboxylic acids is 1. The van der Waals surface area contributed by atoms with Gasteiger partial charge in [-0.25, -0.2) is 0 Å². The van der Waals surface area contributed by atoms with E-state index in [1.54, 1.807) is 9.80 Å². The molecule has 0 aliphatic carbocycles. The average molecular weight is 408 g/mol. The molecule has 2 aliphatic rings. The summed E-state index contributed by atoms with van der Waals surface area (Å²) in [5.74, 6) is 0.659. The van der Waals surface area contributed by atoms with E-state index in [1.165, 1.54) is 16.7 Å². The Morgan fingerprint density at radius 1 is 0.800 bits per heavy atom. The van der Waals surface area contributed by atoms with E-state index in [9.17, 15) is 4.79 Å². The van der Waals surface area contributed by atoms with Gasteiger partial charge in [0.2, 0.25) is 5.91 Å². The molecular formula is C26H37N3O+2. The zero-order valence-electron chi connectivity index (χ0n) is 18.4. The summed E-state index contributed by atoms with van der Waals surface area (Å²) in [6.07, 6.45) is 3.18. The van der Waals surface area contributed by atoms with Crippen LogP contribution in [0.5, 0.6) is 0 Å². The van der Waals surface area contributed by atoms with Gasteiger partial charge in [0.25, 0.3) is 0 Å². The Kier molecular flexibility index (Phi) is 7.19. The summed E-state index contributed by atoms with van der Waals surface area (Å²) in [6, 6.07) is 19.8. The third kappa shape index (κ3) is 5.50. The zero-order chi connectivity index (χ0) is 20.8. The van der Waals surface area contributed by atoms with Crippen molar-refractivity contribution < 1.29 is 14.6 Å². The SMILES string of the molecule is CCc1ccc(C[NH+]2CCC(C(=O)N3CC[NH+](Cc4ccccc4)CC3)CC2)cc1. The molecule has 4 heteroatoms. The van der Waals surface area contributed by atoms with Crippen LogP contribution in [-0.4, -0.2) is 50.1 Å². The lowest BCUT2D eigenvalue weighted by molar-refractivity contribution is -0.919. The molecule has 2 fully saturated rings. The third-order valence-electron chi connectivity index (χ3n) is 7.01. The maximum absolute atomic E-state index is 13.1. The highest BCUT2D eigenvalue weighted by Gasteiger charge is 2.32. The number of hydrogen-bond donors (Lipinski definition) is 2. The van der Waals surface area contributed by atoms with Gasteiger partial charge in [-0.15, -0.1) is 0 Å². The summed E-state index contributed by atoms with van der Waals surface area (Å²) < 4.78 is 0. The first-order valence-electron chi connectivity index (χ1n) is 11.8. The summed E-state index contributed by atoms with van der Waals surface area (Å²) in [5.41, 5.74) is 4.22. The first-order chi connectivity index (χ1) is 14.7. The van der Waals surface area contributed by atoms with E-state index < -0.39 is 0 Å². The number of likely N-dealkylation sites (tertiary alicyclic amines) is 1. The molecule has 2 aliphatic heterocycles. The topological polar surface area (TPSA) is 29.2 Å². The van der Waals surface area contributed by atoms with Gasteiger partial charge in [0, 0.05) is 29.9 Å². The highest BCUT2D eigenvalue weighted by Crippen LogP contribution is 2.14.